The van der Waals surface area contributed by atoms with Crippen molar-refractivity contribution in [1.82, 2.24) is 5.32 Å². The van der Waals surface area contributed by atoms with Gasteiger partial charge in [-0.05, 0) is 49.8 Å². The number of nitrogens with two attached hydrogens (primary N) is 1. The highest BCUT2D eigenvalue weighted by atomic mass is 35.5. The van der Waals surface area contributed by atoms with Crippen LogP contribution in [0.3, 0.4) is 0 Å². The summed E-state index contributed by atoms with van der Waals surface area (Å²) < 4.78 is 10.8. The minimum absolute atomic E-state index is 0. The second kappa shape index (κ2) is 8.88. The molecule has 2 atom stereocenters. The van der Waals surface area contributed by atoms with Crippen LogP contribution in [0, 0.1) is 5.92 Å². The fourth-order valence-corrected chi connectivity index (χ4v) is 3.93. The lowest BCUT2D eigenvalue weighted by atomic mass is 9.74. The summed E-state index contributed by atoms with van der Waals surface area (Å²) in [6.45, 7) is 2.12. The molecule has 1 aliphatic heterocycles. The van der Waals surface area contributed by atoms with Gasteiger partial charge in [0.05, 0.1) is 7.11 Å². The van der Waals surface area contributed by atoms with Gasteiger partial charge in [0.25, 0.3) is 0 Å². The third-order valence-corrected chi connectivity index (χ3v) is 5.60. The molecule has 1 heterocycles. The van der Waals surface area contributed by atoms with E-state index in [4.69, 9.17) is 15.2 Å². The highest BCUT2D eigenvalue weighted by Gasteiger charge is 2.36. The number of carbonyl (C=O) groups excluding carboxylic acids is 1. The summed E-state index contributed by atoms with van der Waals surface area (Å²) in [4.78, 5) is 12.5. The Morgan fingerprint density at radius 1 is 1.28 bits per heavy atom. The number of ether oxygens (including phenoxy) is 2. The molecule has 140 valence electrons. The molecular formula is C19H29ClN2O3. The van der Waals surface area contributed by atoms with Gasteiger partial charge < -0.3 is 20.5 Å². The topological polar surface area (TPSA) is 73.6 Å². The summed E-state index contributed by atoms with van der Waals surface area (Å²) in [5, 5.41) is 3.20. The lowest BCUT2D eigenvalue weighted by Crippen LogP contribution is -2.45. The zero-order valence-electron chi connectivity index (χ0n) is 14.8. The molecule has 2 fully saturated rings. The molecule has 1 amide bonds. The molecule has 6 heteroatoms. The molecule has 2 unspecified atom stereocenters. The Morgan fingerprint density at radius 3 is 2.52 bits per heavy atom. The SMILES string of the molecule is COc1ccc(C2(CNC(=O)C3CCC(N)C3)CCOCC2)cc1.Cl. The zero-order chi connectivity index (χ0) is 17.0. The van der Waals surface area contributed by atoms with Crippen LogP contribution in [0.4, 0.5) is 0 Å². The molecule has 25 heavy (non-hydrogen) atoms. The van der Waals surface area contributed by atoms with Crippen LogP contribution in [0.25, 0.3) is 0 Å². The van der Waals surface area contributed by atoms with E-state index in [0.717, 1.165) is 51.1 Å². The van der Waals surface area contributed by atoms with Crippen LogP contribution in [0.2, 0.25) is 0 Å². The minimum atomic E-state index is -0.0547. The van der Waals surface area contributed by atoms with E-state index in [1.807, 2.05) is 12.1 Å². The predicted octanol–water partition coefficient (Wildman–Crippen LogP) is 2.41. The van der Waals surface area contributed by atoms with Crippen molar-refractivity contribution in [2.45, 2.75) is 43.6 Å². The van der Waals surface area contributed by atoms with Gasteiger partial charge in [0.1, 0.15) is 5.75 Å². The number of halogens is 1. The summed E-state index contributed by atoms with van der Waals surface area (Å²) in [5.41, 5.74) is 7.13. The Labute approximate surface area is 156 Å². The summed E-state index contributed by atoms with van der Waals surface area (Å²) >= 11 is 0. The van der Waals surface area contributed by atoms with Crippen LogP contribution < -0.4 is 15.8 Å². The van der Waals surface area contributed by atoms with Crippen LogP contribution >= 0.6 is 12.4 Å². The van der Waals surface area contributed by atoms with Crippen molar-refractivity contribution in [3.63, 3.8) is 0 Å². The zero-order valence-corrected chi connectivity index (χ0v) is 15.6. The van der Waals surface area contributed by atoms with Gasteiger partial charge in [-0.3, -0.25) is 4.79 Å². The van der Waals surface area contributed by atoms with E-state index in [2.05, 4.69) is 17.4 Å². The first-order valence-electron chi connectivity index (χ1n) is 8.88. The Kier molecular flexibility index (Phi) is 7.11. The van der Waals surface area contributed by atoms with Gasteiger partial charge >= 0.3 is 0 Å². The molecule has 0 spiro atoms. The van der Waals surface area contributed by atoms with Crippen molar-refractivity contribution >= 4 is 18.3 Å². The highest BCUT2D eigenvalue weighted by molar-refractivity contribution is 5.85. The van der Waals surface area contributed by atoms with Crippen molar-refractivity contribution in [2.24, 2.45) is 11.7 Å². The maximum Gasteiger partial charge on any atom is 0.223 e. The van der Waals surface area contributed by atoms with E-state index in [0.29, 0.717) is 6.54 Å². The first-order chi connectivity index (χ1) is 11.6. The number of hydrogen-bond acceptors (Lipinski definition) is 4. The van der Waals surface area contributed by atoms with Crippen LogP contribution in [-0.2, 0) is 14.9 Å². The third kappa shape index (κ3) is 4.66. The number of nitrogens with one attached hydrogen (secondary N) is 1. The summed E-state index contributed by atoms with van der Waals surface area (Å²) in [5.74, 6) is 1.08. The Balaban J connectivity index is 0.00000225. The summed E-state index contributed by atoms with van der Waals surface area (Å²) in [7, 11) is 1.67. The molecule has 1 aliphatic carbocycles. The van der Waals surface area contributed by atoms with Gasteiger partial charge in [-0.25, -0.2) is 0 Å². The second-order valence-corrected chi connectivity index (χ2v) is 7.11. The molecule has 0 aromatic heterocycles. The molecule has 3 N–H and O–H groups in total. The van der Waals surface area contributed by atoms with E-state index in [1.165, 1.54) is 5.56 Å². The maximum atomic E-state index is 12.5. The lowest BCUT2D eigenvalue weighted by molar-refractivity contribution is -0.125. The Bertz CT molecular complexity index is 558. The quantitative estimate of drug-likeness (QED) is 0.837. The molecule has 3 rings (SSSR count). The smallest absolute Gasteiger partial charge is 0.223 e. The van der Waals surface area contributed by atoms with E-state index >= 15 is 0 Å². The lowest BCUT2D eigenvalue weighted by Gasteiger charge is -2.38. The number of amides is 1. The van der Waals surface area contributed by atoms with Gasteiger partial charge in [-0.1, -0.05) is 12.1 Å². The molecule has 5 nitrogen and oxygen atoms in total. The molecule has 1 saturated heterocycles. The highest BCUT2D eigenvalue weighted by Crippen LogP contribution is 2.35. The average molecular weight is 369 g/mol. The van der Waals surface area contributed by atoms with E-state index in [1.54, 1.807) is 7.11 Å². The van der Waals surface area contributed by atoms with Crippen molar-refractivity contribution in [1.29, 1.82) is 0 Å². The van der Waals surface area contributed by atoms with Crippen molar-refractivity contribution < 1.29 is 14.3 Å². The molecule has 1 aromatic carbocycles. The molecular weight excluding hydrogens is 340 g/mol. The maximum absolute atomic E-state index is 12.5. The molecule has 2 aliphatic rings. The molecule has 1 aromatic rings. The van der Waals surface area contributed by atoms with Gasteiger partial charge in [-0.2, -0.15) is 0 Å². The number of methoxy groups -OCH3 is 1. The number of carbonyl (C=O) groups is 1. The van der Waals surface area contributed by atoms with Crippen molar-refractivity contribution in [2.75, 3.05) is 26.9 Å². The van der Waals surface area contributed by atoms with Crippen LogP contribution in [-0.4, -0.2) is 38.8 Å². The fraction of sp³-hybridized carbons (Fsp3) is 0.632. The van der Waals surface area contributed by atoms with Gasteiger partial charge in [0.15, 0.2) is 0 Å². The average Bonchev–Trinajstić information content (AvgIpc) is 3.07. The predicted molar refractivity (Wildman–Crippen MR) is 100 cm³/mol. The van der Waals surface area contributed by atoms with Crippen LogP contribution in [0.15, 0.2) is 24.3 Å². The largest absolute Gasteiger partial charge is 0.497 e. The normalized spacial score (nSPS) is 25.0. The van der Waals surface area contributed by atoms with Gasteiger partial charge in [0, 0.05) is 37.1 Å². The Morgan fingerprint density at radius 2 is 1.96 bits per heavy atom. The molecule has 1 saturated carbocycles. The standard InChI is InChI=1S/C19H28N2O3.ClH/c1-23-17-6-3-15(4-7-17)19(8-10-24-11-9-19)13-21-18(22)14-2-5-16(20)12-14;/h3-4,6-7,14,16H,2,5,8-13,20H2,1H3,(H,21,22);1H. The minimum Gasteiger partial charge on any atom is -0.497 e. The number of rotatable bonds is 5. The first-order valence-corrected chi connectivity index (χ1v) is 8.88. The van der Waals surface area contributed by atoms with Crippen LogP contribution in [0.5, 0.6) is 5.75 Å². The first kappa shape index (κ1) is 20.0. The summed E-state index contributed by atoms with van der Waals surface area (Å²) in [6.07, 6.45) is 4.51. The van der Waals surface area contributed by atoms with Gasteiger partial charge in [-0.15, -0.1) is 12.4 Å². The van der Waals surface area contributed by atoms with Crippen molar-refractivity contribution in [3.8, 4) is 5.75 Å². The summed E-state index contributed by atoms with van der Waals surface area (Å²) in [6, 6.07) is 8.39. The molecule has 0 radical (unpaired) electrons. The monoisotopic (exact) mass is 368 g/mol. The Hall–Kier alpha value is -1.30. The van der Waals surface area contributed by atoms with E-state index < -0.39 is 0 Å². The fourth-order valence-electron chi connectivity index (χ4n) is 3.93. The van der Waals surface area contributed by atoms with Crippen LogP contribution in [0.1, 0.15) is 37.7 Å². The third-order valence-electron chi connectivity index (χ3n) is 5.60. The van der Waals surface area contributed by atoms with E-state index in [9.17, 15) is 4.79 Å². The van der Waals surface area contributed by atoms with Crippen molar-refractivity contribution in [3.05, 3.63) is 29.8 Å². The number of benzene rings is 1. The number of hydrogen-bond donors (Lipinski definition) is 2. The molecule has 0 bridgehead atoms. The van der Waals surface area contributed by atoms with E-state index in [-0.39, 0.29) is 35.7 Å². The van der Waals surface area contributed by atoms with Gasteiger partial charge in [0.2, 0.25) is 5.91 Å². The second-order valence-electron chi connectivity index (χ2n) is 7.11.